The molecule has 2 aliphatic rings. The predicted molar refractivity (Wildman–Crippen MR) is 78.3 cm³/mol. The Hall–Kier alpha value is -1.77. The lowest BCUT2D eigenvalue weighted by Gasteiger charge is -2.39. The Morgan fingerprint density at radius 3 is 2.40 bits per heavy atom. The number of carbonyl (C=O) groups excluding carboxylic acids is 1. The van der Waals surface area contributed by atoms with Gasteiger partial charge < -0.3 is 9.64 Å². The highest BCUT2D eigenvalue weighted by Gasteiger charge is 2.35. The van der Waals surface area contributed by atoms with Crippen LogP contribution in [0.15, 0.2) is 42.5 Å². The molecule has 2 heterocycles. The Balaban J connectivity index is 1.64. The normalized spacial score (nSPS) is 25.1. The molecule has 1 aromatic rings. The van der Waals surface area contributed by atoms with Crippen LogP contribution in [-0.2, 0) is 11.3 Å². The van der Waals surface area contributed by atoms with E-state index in [0.29, 0.717) is 18.7 Å². The molecule has 20 heavy (non-hydrogen) atoms. The van der Waals surface area contributed by atoms with Gasteiger partial charge in [-0.1, -0.05) is 42.5 Å². The third-order valence-electron chi connectivity index (χ3n) is 4.26. The Bertz CT molecular complexity index is 467. The average molecular weight is 271 g/mol. The molecule has 1 aromatic carbocycles. The second kappa shape index (κ2) is 6.12. The van der Waals surface area contributed by atoms with Gasteiger partial charge in [0, 0.05) is 12.1 Å². The molecule has 0 N–H and O–H groups in total. The number of nitrogens with zero attached hydrogens (tertiary/aromatic N) is 1. The fraction of sp³-hybridized carbons (Fsp3) is 0.471. The van der Waals surface area contributed by atoms with Crippen LogP contribution >= 0.6 is 0 Å². The Labute approximate surface area is 120 Å². The summed E-state index contributed by atoms with van der Waals surface area (Å²) in [4.78, 5) is 14.4. The molecule has 1 fully saturated rings. The fourth-order valence-corrected chi connectivity index (χ4v) is 3.23. The maximum absolute atomic E-state index is 12.4. The van der Waals surface area contributed by atoms with Gasteiger partial charge in [-0.25, -0.2) is 4.79 Å². The number of fused-ring (bicyclic) bond motifs is 2. The van der Waals surface area contributed by atoms with Crippen molar-refractivity contribution in [3.8, 4) is 0 Å². The summed E-state index contributed by atoms with van der Waals surface area (Å²) in [6.07, 6.45) is 9.64. The van der Waals surface area contributed by atoms with E-state index in [-0.39, 0.29) is 6.09 Å². The lowest BCUT2D eigenvalue weighted by molar-refractivity contribution is 0.0448. The van der Waals surface area contributed by atoms with E-state index in [0.717, 1.165) is 31.2 Å². The highest BCUT2D eigenvalue weighted by atomic mass is 16.6. The van der Waals surface area contributed by atoms with Crippen LogP contribution in [0.5, 0.6) is 0 Å². The third-order valence-corrected chi connectivity index (χ3v) is 4.26. The van der Waals surface area contributed by atoms with E-state index < -0.39 is 0 Å². The third kappa shape index (κ3) is 2.87. The Morgan fingerprint density at radius 2 is 1.75 bits per heavy atom. The molecule has 0 saturated carbocycles. The van der Waals surface area contributed by atoms with Crippen molar-refractivity contribution in [2.45, 2.75) is 50.8 Å². The van der Waals surface area contributed by atoms with Crippen LogP contribution < -0.4 is 0 Å². The van der Waals surface area contributed by atoms with Crippen molar-refractivity contribution >= 4 is 6.09 Å². The van der Waals surface area contributed by atoms with E-state index in [1.807, 2.05) is 35.2 Å². The molecule has 0 unspecified atom stereocenters. The quantitative estimate of drug-likeness (QED) is 0.764. The standard InChI is InChI=1S/C17H21NO2/c19-17(20-13-14-7-2-1-3-8-14)18-15-9-4-5-10-16(18)12-6-11-15/h1-5,7-8,15-16H,6,9-13H2/t15-,16+. The predicted octanol–water partition coefficient (Wildman–Crippen LogP) is 3.90. The molecule has 2 atom stereocenters. The molecular weight excluding hydrogens is 250 g/mol. The van der Waals surface area contributed by atoms with Gasteiger partial charge in [0.05, 0.1) is 0 Å². The van der Waals surface area contributed by atoms with Gasteiger partial charge in [-0.3, -0.25) is 0 Å². The van der Waals surface area contributed by atoms with Crippen LogP contribution in [-0.4, -0.2) is 23.1 Å². The SMILES string of the molecule is O=C(OCc1ccccc1)N1[C@@H]2CC=CC[C@H]1CCC2. The first-order valence-electron chi connectivity index (χ1n) is 7.48. The summed E-state index contributed by atoms with van der Waals surface area (Å²) in [5, 5.41) is 0. The number of hydrogen-bond donors (Lipinski definition) is 0. The van der Waals surface area contributed by atoms with Gasteiger partial charge in [0.1, 0.15) is 6.61 Å². The van der Waals surface area contributed by atoms with E-state index in [2.05, 4.69) is 12.2 Å². The smallest absolute Gasteiger partial charge is 0.410 e. The topological polar surface area (TPSA) is 29.5 Å². The Kier molecular flexibility index (Phi) is 4.05. The monoisotopic (exact) mass is 271 g/mol. The second-order valence-electron chi connectivity index (χ2n) is 5.63. The number of carbonyl (C=O) groups is 1. The van der Waals surface area contributed by atoms with Crippen molar-refractivity contribution in [3.05, 3.63) is 48.0 Å². The van der Waals surface area contributed by atoms with Crippen LogP contribution in [0.2, 0.25) is 0 Å². The van der Waals surface area contributed by atoms with Gasteiger partial charge in [0.25, 0.3) is 0 Å². The molecule has 1 amide bonds. The number of piperidine rings is 1. The molecule has 106 valence electrons. The largest absolute Gasteiger partial charge is 0.445 e. The average Bonchev–Trinajstić information content (AvgIpc) is 2.61. The summed E-state index contributed by atoms with van der Waals surface area (Å²) in [7, 11) is 0. The summed E-state index contributed by atoms with van der Waals surface area (Å²) in [6.45, 7) is 0.364. The van der Waals surface area contributed by atoms with Crippen molar-refractivity contribution in [2.24, 2.45) is 0 Å². The van der Waals surface area contributed by atoms with E-state index >= 15 is 0 Å². The van der Waals surface area contributed by atoms with Crippen LogP contribution in [0.1, 0.15) is 37.7 Å². The molecule has 2 aliphatic heterocycles. The van der Waals surface area contributed by atoms with Crippen molar-refractivity contribution in [1.82, 2.24) is 4.90 Å². The van der Waals surface area contributed by atoms with E-state index in [1.165, 1.54) is 6.42 Å². The van der Waals surface area contributed by atoms with Gasteiger partial charge in [0.15, 0.2) is 0 Å². The maximum Gasteiger partial charge on any atom is 0.410 e. The molecule has 2 bridgehead atoms. The first kappa shape index (κ1) is 13.2. The minimum Gasteiger partial charge on any atom is -0.445 e. The molecule has 0 aliphatic carbocycles. The molecular formula is C17H21NO2. The lowest BCUT2D eigenvalue weighted by atomic mass is 9.95. The van der Waals surface area contributed by atoms with E-state index in [9.17, 15) is 4.79 Å². The molecule has 3 heteroatoms. The first-order valence-corrected chi connectivity index (χ1v) is 7.48. The summed E-state index contributed by atoms with van der Waals surface area (Å²) < 4.78 is 5.52. The van der Waals surface area contributed by atoms with Gasteiger partial charge in [-0.05, 0) is 37.7 Å². The number of amides is 1. The second-order valence-corrected chi connectivity index (χ2v) is 5.63. The highest BCUT2D eigenvalue weighted by molar-refractivity contribution is 5.69. The van der Waals surface area contributed by atoms with Gasteiger partial charge >= 0.3 is 6.09 Å². The summed E-state index contributed by atoms with van der Waals surface area (Å²) in [5.41, 5.74) is 1.04. The van der Waals surface area contributed by atoms with Crippen LogP contribution in [0.3, 0.4) is 0 Å². The van der Waals surface area contributed by atoms with Crippen LogP contribution in [0, 0.1) is 0 Å². The van der Waals surface area contributed by atoms with Crippen molar-refractivity contribution in [2.75, 3.05) is 0 Å². The molecule has 0 aromatic heterocycles. The zero-order valence-corrected chi connectivity index (χ0v) is 11.7. The maximum atomic E-state index is 12.4. The van der Waals surface area contributed by atoms with Crippen LogP contribution in [0.4, 0.5) is 4.79 Å². The minimum atomic E-state index is -0.146. The summed E-state index contributed by atoms with van der Waals surface area (Å²) in [5.74, 6) is 0. The van der Waals surface area contributed by atoms with Crippen molar-refractivity contribution in [3.63, 3.8) is 0 Å². The number of rotatable bonds is 2. The van der Waals surface area contributed by atoms with Crippen LogP contribution in [0.25, 0.3) is 0 Å². The highest BCUT2D eigenvalue weighted by Crippen LogP contribution is 2.30. The van der Waals surface area contributed by atoms with E-state index in [4.69, 9.17) is 4.74 Å². The van der Waals surface area contributed by atoms with Crippen molar-refractivity contribution < 1.29 is 9.53 Å². The van der Waals surface area contributed by atoms with Gasteiger partial charge in [0.2, 0.25) is 0 Å². The van der Waals surface area contributed by atoms with Gasteiger partial charge in [-0.2, -0.15) is 0 Å². The van der Waals surface area contributed by atoms with Crippen molar-refractivity contribution in [1.29, 1.82) is 0 Å². The minimum absolute atomic E-state index is 0.146. The number of hydrogen-bond acceptors (Lipinski definition) is 2. The molecule has 1 saturated heterocycles. The molecule has 0 radical (unpaired) electrons. The first-order chi connectivity index (χ1) is 9.84. The van der Waals surface area contributed by atoms with Gasteiger partial charge in [-0.15, -0.1) is 0 Å². The Morgan fingerprint density at radius 1 is 1.10 bits per heavy atom. The summed E-state index contributed by atoms with van der Waals surface area (Å²) in [6, 6.07) is 10.5. The zero-order chi connectivity index (χ0) is 13.8. The fourth-order valence-electron chi connectivity index (χ4n) is 3.23. The lowest BCUT2D eigenvalue weighted by Crippen LogP contribution is -2.49. The van der Waals surface area contributed by atoms with E-state index in [1.54, 1.807) is 0 Å². The molecule has 3 nitrogen and oxygen atoms in total. The molecule has 0 spiro atoms. The number of ether oxygens (including phenoxy) is 1. The summed E-state index contributed by atoms with van der Waals surface area (Å²) >= 11 is 0. The molecule has 3 rings (SSSR count). The zero-order valence-electron chi connectivity index (χ0n) is 11.7. The number of benzene rings is 1.